The van der Waals surface area contributed by atoms with Crippen LogP contribution in [0.4, 0.5) is 0 Å². The van der Waals surface area contributed by atoms with Gasteiger partial charge in [-0.1, -0.05) is 176 Å². The van der Waals surface area contributed by atoms with Gasteiger partial charge >= 0.3 is 11.9 Å². The van der Waals surface area contributed by atoms with Crippen molar-refractivity contribution in [1.29, 1.82) is 0 Å². The van der Waals surface area contributed by atoms with Gasteiger partial charge in [-0.2, -0.15) is 0 Å². The molecule has 7 nitrogen and oxygen atoms in total. The fourth-order valence-electron chi connectivity index (χ4n) is 24.7. The van der Waals surface area contributed by atoms with E-state index in [4.69, 9.17) is 9.47 Å². The molecule has 5 aromatic carbocycles. The minimum atomic E-state index is -1.80. The summed E-state index contributed by atoms with van der Waals surface area (Å²) >= 11 is 0. The van der Waals surface area contributed by atoms with Crippen LogP contribution in [-0.4, -0.2) is 69.3 Å². The SMILES string of the molecule is C[C@@H]1CC[C@@H](O)[C@]23[C@H](O)CC[C@@](C)([C@@H]4CC[C@]56CC[C@@H]7C[C@]8(c9ccccc9)CCCC[C@@H]8c8ccc9cccc(c9c8[C@@H]75)[C@@H]6C4)[C@@H]2[C@H]2C[C@](C)(C#CC[C@]4(C[C@H](Cc5ccccc5)CC[C@@H]4CSSC[C@@H](Cc4ccccc4)C1)C(=O)O2)[C@]3(O)CCC1=CC(=O)OC1. The van der Waals surface area contributed by atoms with Crippen LogP contribution in [0.25, 0.3) is 10.8 Å². The van der Waals surface area contributed by atoms with Crippen LogP contribution in [0.5, 0.6) is 0 Å². The molecule has 11 aliphatic rings. The van der Waals surface area contributed by atoms with Gasteiger partial charge in [-0.15, -0.1) is 5.92 Å². The lowest BCUT2D eigenvalue weighted by Gasteiger charge is -2.72. The third-order valence-corrected chi connectivity index (χ3v) is 31.3. The molecule has 2 spiro atoms. The van der Waals surface area contributed by atoms with Crippen molar-refractivity contribution >= 4 is 44.3 Å². The molecule has 16 rings (SSSR count). The number of aliphatic hydroxyl groups excluding tert-OH is 2. The van der Waals surface area contributed by atoms with E-state index in [0.717, 1.165) is 68.4 Å². The zero-order valence-corrected chi connectivity index (χ0v) is 57.1. The van der Waals surface area contributed by atoms with Crippen molar-refractivity contribution in [2.45, 2.75) is 222 Å². The third-order valence-electron chi connectivity index (χ3n) is 28.7. The second kappa shape index (κ2) is 24.3. The molecular weight excluding hydrogens is 1190 g/mol. The first kappa shape index (κ1) is 63.0. The van der Waals surface area contributed by atoms with Gasteiger partial charge in [-0.25, -0.2) is 4.79 Å². The van der Waals surface area contributed by atoms with Crippen molar-refractivity contribution in [2.24, 2.45) is 68.5 Å². The fraction of sp³-hybridized carbons (Fsp3) is 0.595. The van der Waals surface area contributed by atoms with Gasteiger partial charge in [-0.3, -0.25) is 4.79 Å². The Labute approximate surface area is 562 Å². The average molecular weight is 1290 g/mol. The second-order valence-electron chi connectivity index (χ2n) is 33.0. The summed E-state index contributed by atoms with van der Waals surface area (Å²) in [6, 6.07) is 45.8. The zero-order chi connectivity index (χ0) is 63.5. The van der Waals surface area contributed by atoms with Crippen LogP contribution >= 0.6 is 21.6 Å². The predicted octanol–water partition coefficient (Wildman–Crippen LogP) is 17.8. The fourth-order valence-corrected chi connectivity index (χ4v) is 27.6. The van der Waals surface area contributed by atoms with Crippen LogP contribution in [0.1, 0.15) is 213 Å². The van der Waals surface area contributed by atoms with Gasteiger partial charge in [0.1, 0.15) is 12.7 Å². The van der Waals surface area contributed by atoms with E-state index in [1.54, 1.807) is 22.8 Å². The highest BCUT2D eigenvalue weighted by atomic mass is 33.1. The minimum Gasteiger partial charge on any atom is -0.462 e. The van der Waals surface area contributed by atoms with E-state index in [2.05, 4.69) is 154 Å². The summed E-state index contributed by atoms with van der Waals surface area (Å²) in [5, 5.41) is 46.6. The van der Waals surface area contributed by atoms with Gasteiger partial charge in [-0.05, 0) is 249 Å². The number of carbonyl (C=O) groups is 2. The quantitative estimate of drug-likeness (QED) is 0.0754. The van der Waals surface area contributed by atoms with Crippen molar-refractivity contribution in [3.63, 3.8) is 0 Å². The predicted molar refractivity (Wildman–Crippen MR) is 374 cm³/mol. The largest absolute Gasteiger partial charge is 0.462 e. The van der Waals surface area contributed by atoms with Crippen molar-refractivity contribution in [1.82, 2.24) is 0 Å². The molecule has 0 radical (unpaired) electrons. The van der Waals surface area contributed by atoms with Gasteiger partial charge < -0.3 is 24.8 Å². The number of esters is 2. The first-order chi connectivity index (χ1) is 45.1. The second-order valence-corrected chi connectivity index (χ2v) is 35.6. The summed E-state index contributed by atoms with van der Waals surface area (Å²) in [5.41, 5.74) is 3.91. The van der Waals surface area contributed by atoms with Crippen LogP contribution in [0, 0.1) is 80.3 Å². The van der Waals surface area contributed by atoms with E-state index >= 15 is 9.90 Å². The Morgan fingerprint density at radius 2 is 1.39 bits per heavy atom. The molecule has 3 heterocycles. The Hall–Kier alpha value is -4.82. The van der Waals surface area contributed by atoms with E-state index < -0.39 is 51.5 Å². The maximum atomic E-state index is 16.8. The lowest BCUT2D eigenvalue weighted by molar-refractivity contribution is -0.340. The molecule has 0 aromatic heterocycles. The Morgan fingerprint density at radius 3 is 2.16 bits per heavy atom. The van der Waals surface area contributed by atoms with Gasteiger partial charge in [0.2, 0.25) is 0 Å². The number of ether oxygens (including phenoxy) is 2. The monoisotopic (exact) mass is 1280 g/mol. The van der Waals surface area contributed by atoms with E-state index in [-0.39, 0.29) is 65.9 Å². The molecule has 1 saturated heterocycles. The van der Waals surface area contributed by atoms with E-state index in [9.17, 15) is 15.0 Å². The number of cyclic esters (lactones) is 1. The lowest BCUT2D eigenvalue weighted by atomic mass is 9.34. The molecule has 93 heavy (non-hydrogen) atoms. The van der Waals surface area contributed by atoms with Crippen LogP contribution in [0.15, 0.2) is 133 Å². The molecule has 8 aliphatic carbocycles. The molecular formula is C84H100O7S2. The van der Waals surface area contributed by atoms with Gasteiger partial charge in [0, 0.05) is 41.8 Å². The maximum Gasteiger partial charge on any atom is 0.331 e. The molecule has 9 heteroatoms. The Kier molecular flexibility index (Phi) is 16.5. The molecule has 5 aromatic rings. The van der Waals surface area contributed by atoms with E-state index in [1.807, 2.05) is 21.6 Å². The standard InChI is InChI=1S/C84H100O7S2/c1-54-26-31-70(85)84-71(86)35-39-79(3,63-34-41-80-40-33-61-49-81(62-22-11-6-12-23-62)37-14-13-25-67(81)66-30-28-60-21-15-24-65(68(80)47-63)73(60)74(66)75(61)80)76(84)69-50-78(2,83(84,89)42-32-58-46-72(87)90-51-58)36-16-38-82(77(88)91-69)48-57(44-55-17-7-4-8-18-55)27-29-64(82)53-93-92-52-59(43-54)45-56-19-9-5-10-20-56/h4-12,15,17-24,28,30,46,54,57,59,61,63-64,67-71,75-76,85-86,89H,13-14,25-27,29,31-35,37-45,47-53H2,1-3H3/t54-,57+,59-,61-,63-,64-,67-,68+,69-,70-,71-,75-,76+,78+,79+,80+,81+,82-,83-,84+/m1/s1. The Balaban J connectivity index is 0.850. The van der Waals surface area contributed by atoms with Crippen LogP contribution in [0.2, 0.25) is 0 Å². The normalized spacial score (nSPS) is 41.9. The van der Waals surface area contributed by atoms with E-state index in [0.29, 0.717) is 74.5 Å². The lowest BCUT2D eigenvalue weighted by Crippen LogP contribution is -2.79. The number of benzene rings is 5. The maximum absolute atomic E-state index is 16.8. The highest BCUT2D eigenvalue weighted by Gasteiger charge is 2.79. The number of rotatable bonds is 9. The molecule has 20 atom stereocenters. The zero-order valence-electron chi connectivity index (χ0n) is 55.5. The van der Waals surface area contributed by atoms with Gasteiger partial charge in [0.15, 0.2) is 0 Å². The Morgan fingerprint density at radius 1 is 0.645 bits per heavy atom. The third kappa shape index (κ3) is 10.0. The van der Waals surface area contributed by atoms with Crippen molar-refractivity contribution < 1.29 is 34.4 Å². The molecule has 490 valence electrons. The molecule has 3 N–H and O–H groups in total. The topological polar surface area (TPSA) is 113 Å². The summed E-state index contributed by atoms with van der Waals surface area (Å²) in [4.78, 5) is 29.8. The van der Waals surface area contributed by atoms with Crippen LogP contribution in [0.3, 0.4) is 0 Å². The van der Waals surface area contributed by atoms with Crippen LogP contribution in [-0.2, 0) is 37.3 Å². The smallest absolute Gasteiger partial charge is 0.331 e. The van der Waals surface area contributed by atoms with Crippen molar-refractivity contribution in [3.05, 3.63) is 166 Å². The molecule has 0 amide bonds. The highest BCUT2D eigenvalue weighted by molar-refractivity contribution is 8.76. The highest BCUT2D eigenvalue weighted by Crippen LogP contribution is 2.78. The summed E-state index contributed by atoms with van der Waals surface area (Å²) in [6.45, 7) is 7.09. The summed E-state index contributed by atoms with van der Waals surface area (Å²) in [7, 11) is 3.91. The first-order valence-electron chi connectivity index (χ1n) is 36.7. The van der Waals surface area contributed by atoms with E-state index in [1.165, 1.54) is 72.4 Å². The van der Waals surface area contributed by atoms with Gasteiger partial charge in [0.05, 0.1) is 34.1 Å². The number of carbonyl (C=O) groups excluding carboxylic acids is 2. The molecule has 0 unspecified atom stereocenters. The Bertz CT molecular complexity index is 3730. The summed E-state index contributed by atoms with van der Waals surface area (Å²) < 4.78 is 13.4. The molecule has 4 bridgehead atoms. The van der Waals surface area contributed by atoms with Crippen molar-refractivity contribution in [3.8, 4) is 11.8 Å². The number of fused-ring (bicyclic) bond motifs is 5. The minimum absolute atomic E-state index is 0.0128. The number of aliphatic hydroxyl groups is 3. The number of hydrogen-bond acceptors (Lipinski definition) is 9. The number of hydrogen-bond donors (Lipinski definition) is 3. The molecule has 7 fully saturated rings. The average Bonchev–Trinajstić information content (AvgIpc) is 1.56. The first-order valence-corrected chi connectivity index (χ1v) is 39.2. The van der Waals surface area contributed by atoms with Crippen molar-refractivity contribution in [2.75, 3.05) is 18.1 Å². The van der Waals surface area contributed by atoms with Crippen LogP contribution < -0.4 is 0 Å². The summed E-state index contributed by atoms with van der Waals surface area (Å²) in [6.07, 6.45) is 19.1. The molecule has 3 aliphatic heterocycles. The molecule has 6 saturated carbocycles. The summed E-state index contributed by atoms with van der Waals surface area (Å²) in [5.74, 6) is 11.1. The van der Waals surface area contributed by atoms with Gasteiger partial charge in [0.25, 0.3) is 0 Å².